The number of hydrogen-bond acceptors (Lipinski definition) is 4. The number of carbonyl (C=O) groups is 2. The zero-order chi connectivity index (χ0) is 20.5. The Kier molecular flexibility index (Phi) is 19.7. The molecule has 28 heavy (non-hydrogen) atoms. The summed E-state index contributed by atoms with van der Waals surface area (Å²) in [5.41, 5.74) is 10.6. The maximum absolute atomic E-state index is 12.5. The fourth-order valence-electron chi connectivity index (χ4n) is 3.12. The number of rotatable bonds is 17. The lowest BCUT2D eigenvalue weighted by Crippen LogP contribution is -2.25. The van der Waals surface area contributed by atoms with E-state index in [1.807, 2.05) is 6.92 Å². The summed E-state index contributed by atoms with van der Waals surface area (Å²) < 4.78 is 5.13. The number of esters is 1. The quantitative estimate of drug-likeness (QED) is 0.157. The van der Waals surface area contributed by atoms with Gasteiger partial charge in [0.15, 0.2) is 5.96 Å². The van der Waals surface area contributed by atoms with E-state index in [1.165, 1.54) is 38.5 Å². The van der Waals surface area contributed by atoms with Crippen LogP contribution in [0, 0.1) is 11.8 Å². The van der Waals surface area contributed by atoms with Gasteiger partial charge in [-0.2, -0.15) is 0 Å². The minimum atomic E-state index is -0.400. The third kappa shape index (κ3) is 15.7. The van der Waals surface area contributed by atoms with Crippen LogP contribution >= 0.6 is 12.4 Å². The van der Waals surface area contributed by atoms with Crippen molar-refractivity contribution in [3.8, 4) is 0 Å². The van der Waals surface area contributed by atoms with Gasteiger partial charge in [-0.15, -0.1) is 12.4 Å². The lowest BCUT2D eigenvalue weighted by atomic mass is 9.89. The summed E-state index contributed by atoms with van der Waals surface area (Å²) in [7, 11) is 0. The molecule has 166 valence electrons. The summed E-state index contributed by atoms with van der Waals surface area (Å²) in [5.74, 6) is -0.500. The van der Waals surface area contributed by atoms with E-state index in [2.05, 4.69) is 11.9 Å². The van der Waals surface area contributed by atoms with Crippen molar-refractivity contribution in [2.75, 3.05) is 13.2 Å². The first-order valence-electron chi connectivity index (χ1n) is 10.7. The zero-order valence-corrected chi connectivity index (χ0v) is 18.9. The minimum Gasteiger partial charge on any atom is -0.466 e. The summed E-state index contributed by atoms with van der Waals surface area (Å²) >= 11 is 0. The van der Waals surface area contributed by atoms with Crippen LogP contribution in [0.5, 0.6) is 0 Å². The highest BCUT2D eigenvalue weighted by Crippen LogP contribution is 2.20. The first kappa shape index (κ1) is 28.9. The molecule has 0 amide bonds. The van der Waals surface area contributed by atoms with Crippen LogP contribution in [0.4, 0.5) is 0 Å². The van der Waals surface area contributed by atoms with Gasteiger partial charge in [0.05, 0.1) is 12.5 Å². The van der Waals surface area contributed by atoms with E-state index in [0.717, 1.165) is 12.8 Å². The van der Waals surface area contributed by atoms with E-state index < -0.39 is 5.92 Å². The average Bonchev–Trinajstić information content (AvgIpc) is 2.63. The number of aliphatic imine (C=N–C) groups is 1. The number of guanidine groups is 1. The predicted octanol–water partition coefficient (Wildman–Crippen LogP) is 4.38. The van der Waals surface area contributed by atoms with Gasteiger partial charge < -0.3 is 16.2 Å². The van der Waals surface area contributed by atoms with E-state index in [-0.39, 0.29) is 42.5 Å². The molecule has 0 aromatic rings. The molecule has 0 rings (SSSR count). The molecule has 4 N–H and O–H groups in total. The van der Waals surface area contributed by atoms with Crippen LogP contribution < -0.4 is 11.5 Å². The van der Waals surface area contributed by atoms with Crippen molar-refractivity contribution in [1.29, 1.82) is 0 Å². The Hall–Kier alpha value is -1.30. The molecule has 0 aliphatic rings. The Labute approximate surface area is 177 Å². The Bertz CT molecular complexity index is 441. The third-order valence-corrected chi connectivity index (χ3v) is 4.86. The molecule has 0 aliphatic carbocycles. The van der Waals surface area contributed by atoms with Gasteiger partial charge in [-0.1, -0.05) is 58.8 Å². The molecule has 0 aromatic carbocycles. The van der Waals surface area contributed by atoms with Gasteiger partial charge in [0.1, 0.15) is 5.78 Å². The number of carbonyl (C=O) groups excluding carboxylic acids is 2. The smallest absolute Gasteiger partial charge is 0.309 e. The van der Waals surface area contributed by atoms with Gasteiger partial charge >= 0.3 is 5.97 Å². The van der Waals surface area contributed by atoms with E-state index in [1.54, 1.807) is 6.92 Å². The molecule has 0 fully saturated rings. The molecule has 0 saturated heterocycles. The van der Waals surface area contributed by atoms with Crippen LogP contribution in [0.3, 0.4) is 0 Å². The second-order valence-electron chi connectivity index (χ2n) is 7.38. The Balaban J connectivity index is 0. The molecule has 2 unspecified atom stereocenters. The molecule has 0 spiro atoms. The molecular weight excluding hydrogens is 378 g/mol. The standard InChI is InChI=1S/C21H41N3O3.ClH/c1-4-6-7-8-9-10-11-13-17(3)19(25)16-18(20(26)27-5-2)14-12-15-24-21(22)23;/h17-18H,4-16H2,1-3H3,(H4,22,23,24);1H. The number of nitrogens with two attached hydrogens (primary N) is 2. The summed E-state index contributed by atoms with van der Waals surface area (Å²) in [6.45, 7) is 6.75. The molecule has 0 aliphatic heterocycles. The molecular formula is C21H42ClN3O3. The maximum Gasteiger partial charge on any atom is 0.309 e. The van der Waals surface area contributed by atoms with Crippen molar-refractivity contribution in [2.45, 2.75) is 91.4 Å². The topological polar surface area (TPSA) is 108 Å². The van der Waals surface area contributed by atoms with Crippen molar-refractivity contribution in [1.82, 2.24) is 0 Å². The highest BCUT2D eigenvalue weighted by molar-refractivity contribution is 5.86. The van der Waals surface area contributed by atoms with Crippen LogP contribution in [0.1, 0.15) is 91.4 Å². The van der Waals surface area contributed by atoms with Gasteiger partial charge in [-0.05, 0) is 26.2 Å². The molecule has 2 atom stereocenters. The van der Waals surface area contributed by atoms with E-state index >= 15 is 0 Å². The van der Waals surface area contributed by atoms with Crippen molar-refractivity contribution in [3.63, 3.8) is 0 Å². The number of unbranched alkanes of at least 4 members (excludes halogenated alkanes) is 6. The normalized spacial score (nSPS) is 12.5. The Morgan fingerprint density at radius 1 is 0.929 bits per heavy atom. The van der Waals surface area contributed by atoms with E-state index in [9.17, 15) is 9.59 Å². The summed E-state index contributed by atoms with van der Waals surface area (Å²) in [5, 5.41) is 0. The van der Waals surface area contributed by atoms with Crippen LogP contribution in [-0.4, -0.2) is 30.9 Å². The Morgan fingerprint density at radius 2 is 1.54 bits per heavy atom. The van der Waals surface area contributed by atoms with Crippen LogP contribution in [-0.2, 0) is 14.3 Å². The van der Waals surface area contributed by atoms with Crippen molar-refractivity contribution in [3.05, 3.63) is 0 Å². The van der Waals surface area contributed by atoms with Crippen molar-refractivity contribution < 1.29 is 14.3 Å². The fraction of sp³-hybridized carbons (Fsp3) is 0.857. The SMILES string of the molecule is CCCCCCCCCC(C)C(=O)CC(CCCN=C(N)N)C(=O)OCC.Cl. The number of ketones is 1. The maximum atomic E-state index is 12.5. The summed E-state index contributed by atoms with van der Waals surface area (Å²) in [6.07, 6.45) is 11.0. The summed E-state index contributed by atoms with van der Waals surface area (Å²) in [4.78, 5) is 28.6. The second-order valence-corrected chi connectivity index (χ2v) is 7.38. The first-order chi connectivity index (χ1) is 12.9. The number of nitrogens with zero attached hydrogens (tertiary/aromatic N) is 1. The van der Waals surface area contributed by atoms with Crippen LogP contribution in [0.15, 0.2) is 4.99 Å². The van der Waals surface area contributed by atoms with E-state index in [0.29, 0.717) is 26.0 Å². The monoisotopic (exact) mass is 419 g/mol. The largest absolute Gasteiger partial charge is 0.466 e. The molecule has 0 bridgehead atoms. The summed E-state index contributed by atoms with van der Waals surface area (Å²) in [6, 6.07) is 0. The molecule has 0 aromatic heterocycles. The number of halogens is 1. The molecule has 7 heteroatoms. The third-order valence-electron chi connectivity index (χ3n) is 4.86. The Morgan fingerprint density at radius 3 is 2.11 bits per heavy atom. The van der Waals surface area contributed by atoms with Crippen LogP contribution in [0.2, 0.25) is 0 Å². The van der Waals surface area contributed by atoms with Gasteiger partial charge in [0, 0.05) is 18.9 Å². The lowest BCUT2D eigenvalue weighted by Gasteiger charge is -2.17. The highest BCUT2D eigenvalue weighted by atomic mass is 35.5. The van der Waals surface area contributed by atoms with Gasteiger partial charge in [-0.3, -0.25) is 14.6 Å². The fourth-order valence-corrected chi connectivity index (χ4v) is 3.12. The minimum absolute atomic E-state index is 0. The molecule has 0 saturated carbocycles. The molecule has 0 heterocycles. The molecule has 6 nitrogen and oxygen atoms in total. The zero-order valence-electron chi connectivity index (χ0n) is 18.1. The van der Waals surface area contributed by atoms with E-state index in [4.69, 9.17) is 16.2 Å². The highest BCUT2D eigenvalue weighted by Gasteiger charge is 2.25. The van der Waals surface area contributed by atoms with Crippen molar-refractivity contribution in [2.24, 2.45) is 28.3 Å². The average molecular weight is 420 g/mol. The van der Waals surface area contributed by atoms with Gasteiger partial charge in [-0.25, -0.2) is 0 Å². The first-order valence-corrected chi connectivity index (χ1v) is 10.7. The number of ether oxygens (including phenoxy) is 1. The van der Waals surface area contributed by atoms with Gasteiger partial charge in [0.25, 0.3) is 0 Å². The van der Waals surface area contributed by atoms with Gasteiger partial charge in [0.2, 0.25) is 0 Å². The lowest BCUT2D eigenvalue weighted by molar-refractivity contribution is -0.150. The second kappa shape index (κ2) is 19.0. The number of hydrogen-bond donors (Lipinski definition) is 2. The predicted molar refractivity (Wildman–Crippen MR) is 119 cm³/mol. The van der Waals surface area contributed by atoms with Crippen LogP contribution in [0.25, 0.3) is 0 Å². The number of Topliss-reactive ketones (excluding diaryl/α,β-unsaturated/α-hetero) is 1. The van der Waals surface area contributed by atoms with Crippen molar-refractivity contribution >= 4 is 30.1 Å². The molecule has 0 radical (unpaired) electrons.